The fourth-order valence-electron chi connectivity index (χ4n) is 2.15. The summed E-state index contributed by atoms with van der Waals surface area (Å²) in [6, 6.07) is 6.08. The molecule has 0 aliphatic heterocycles. The van der Waals surface area contributed by atoms with E-state index in [2.05, 4.69) is 30.2 Å². The molecular formula is C16H21N7O6S. The minimum atomic E-state index is -4.08. The molecule has 1 heterocycles. The number of esters is 1. The maximum absolute atomic E-state index is 12.4. The fourth-order valence-corrected chi connectivity index (χ4v) is 3.21. The van der Waals surface area contributed by atoms with Crippen LogP contribution in [0.1, 0.15) is 22.8 Å². The number of anilines is 1. The SMILES string of the molecule is CCOC(=O)c1ccccc1CS(=O)(=O)N=C(N)NNc1nc(OC)nc(OC)n1. The third kappa shape index (κ3) is 6.44. The Balaban J connectivity index is 2.12. The average Bonchev–Trinajstić information content (AvgIpc) is 2.71. The Morgan fingerprint density at radius 2 is 1.77 bits per heavy atom. The number of guanidine groups is 1. The first kappa shape index (κ1) is 22.6. The number of hydrogen-bond acceptors (Lipinski definition) is 10. The molecule has 0 atom stereocenters. The number of methoxy groups -OCH3 is 2. The van der Waals surface area contributed by atoms with Gasteiger partial charge in [-0.15, -0.1) is 9.38 Å². The Kier molecular flexibility index (Phi) is 7.69. The molecule has 0 saturated heterocycles. The van der Waals surface area contributed by atoms with E-state index in [1.165, 1.54) is 26.4 Å². The maximum Gasteiger partial charge on any atom is 0.338 e. The number of sulfonamides is 1. The summed E-state index contributed by atoms with van der Waals surface area (Å²) in [5, 5.41) is 0. The van der Waals surface area contributed by atoms with Crippen LogP contribution in [0.5, 0.6) is 12.0 Å². The lowest BCUT2D eigenvalue weighted by atomic mass is 10.1. The van der Waals surface area contributed by atoms with Crippen LogP contribution in [0, 0.1) is 0 Å². The van der Waals surface area contributed by atoms with Crippen LogP contribution in [0.15, 0.2) is 28.7 Å². The Bertz CT molecular complexity index is 1010. The Hall–Kier alpha value is -3.68. The van der Waals surface area contributed by atoms with Crippen molar-refractivity contribution in [3.05, 3.63) is 35.4 Å². The van der Waals surface area contributed by atoms with Gasteiger partial charge in [0.15, 0.2) is 0 Å². The van der Waals surface area contributed by atoms with Crippen LogP contribution in [0.3, 0.4) is 0 Å². The molecule has 2 aromatic rings. The van der Waals surface area contributed by atoms with E-state index in [9.17, 15) is 13.2 Å². The monoisotopic (exact) mass is 439 g/mol. The van der Waals surface area contributed by atoms with Crippen LogP contribution in [0.4, 0.5) is 5.95 Å². The lowest BCUT2D eigenvalue weighted by Gasteiger charge is -2.10. The molecule has 0 radical (unpaired) electrons. The van der Waals surface area contributed by atoms with Gasteiger partial charge in [0.25, 0.3) is 16.0 Å². The zero-order valence-corrected chi connectivity index (χ0v) is 17.3. The molecule has 0 aliphatic carbocycles. The molecule has 0 saturated carbocycles. The quantitative estimate of drug-likeness (QED) is 0.203. The van der Waals surface area contributed by atoms with Crippen LogP contribution in [0.2, 0.25) is 0 Å². The molecule has 162 valence electrons. The molecule has 1 aromatic heterocycles. The minimum Gasteiger partial charge on any atom is -0.467 e. The second-order valence-electron chi connectivity index (χ2n) is 5.46. The molecule has 0 unspecified atom stereocenters. The number of ether oxygens (including phenoxy) is 3. The van der Waals surface area contributed by atoms with Gasteiger partial charge in [-0.3, -0.25) is 10.9 Å². The number of rotatable bonds is 9. The number of nitrogens with two attached hydrogens (primary N) is 1. The molecule has 30 heavy (non-hydrogen) atoms. The first-order chi connectivity index (χ1) is 14.3. The number of nitrogens with zero attached hydrogens (tertiary/aromatic N) is 4. The summed E-state index contributed by atoms with van der Waals surface area (Å²) in [7, 11) is -1.39. The van der Waals surface area contributed by atoms with Crippen molar-refractivity contribution in [1.29, 1.82) is 0 Å². The molecule has 0 spiro atoms. The summed E-state index contributed by atoms with van der Waals surface area (Å²) in [6.07, 6.45) is 0. The van der Waals surface area contributed by atoms with Gasteiger partial charge < -0.3 is 19.9 Å². The highest BCUT2D eigenvalue weighted by Gasteiger charge is 2.18. The number of carbonyl (C=O) groups is 1. The van der Waals surface area contributed by atoms with Crippen LogP contribution in [0.25, 0.3) is 0 Å². The smallest absolute Gasteiger partial charge is 0.338 e. The highest BCUT2D eigenvalue weighted by molar-refractivity contribution is 7.89. The highest BCUT2D eigenvalue weighted by atomic mass is 32.2. The van der Waals surface area contributed by atoms with Gasteiger partial charge in [-0.25, -0.2) is 13.2 Å². The van der Waals surface area contributed by atoms with Crippen molar-refractivity contribution in [3.8, 4) is 12.0 Å². The fraction of sp³-hybridized carbons (Fsp3) is 0.312. The summed E-state index contributed by atoms with van der Waals surface area (Å²) in [6.45, 7) is 1.81. The molecule has 0 fully saturated rings. The lowest BCUT2D eigenvalue weighted by Crippen LogP contribution is -2.37. The largest absolute Gasteiger partial charge is 0.467 e. The summed E-state index contributed by atoms with van der Waals surface area (Å²) in [5.41, 5.74) is 10.8. The van der Waals surface area contributed by atoms with Crippen LogP contribution in [-0.2, 0) is 20.5 Å². The van der Waals surface area contributed by atoms with E-state index in [-0.39, 0.29) is 35.7 Å². The number of aromatic nitrogens is 3. The van der Waals surface area contributed by atoms with Crippen molar-refractivity contribution >= 4 is 27.9 Å². The third-order valence-electron chi connectivity index (χ3n) is 3.35. The highest BCUT2D eigenvalue weighted by Crippen LogP contribution is 2.15. The van der Waals surface area contributed by atoms with Crippen molar-refractivity contribution < 1.29 is 27.4 Å². The van der Waals surface area contributed by atoms with Gasteiger partial charge in [0.05, 0.1) is 32.1 Å². The van der Waals surface area contributed by atoms with E-state index in [1.807, 2.05) is 0 Å². The zero-order chi connectivity index (χ0) is 22.1. The molecule has 1 aromatic carbocycles. The number of hydrogen-bond donors (Lipinski definition) is 3. The van der Waals surface area contributed by atoms with E-state index in [1.54, 1.807) is 19.1 Å². The van der Waals surface area contributed by atoms with Crippen molar-refractivity contribution in [3.63, 3.8) is 0 Å². The number of hydrazine groups is 1. The number of carbonyl (C=O) groups excluding carboxylic acids is 1. The van der Waals surface area contributed by atoms with Gasteiger partial charge >= 0.3 is 18.0 Å². The molecule has 2 rings (SSSR count). The average molecular weight is 439 g/mol. The molecule has 0 aliphatic rings. The normalized spacial score (nSPS) is 11.5. The van der Waals surface area contributed by atoms with Gasteiger partial charge in [-0.05, 0) is 18.6 Å². The molecule has 4 N–H and O–H groups in total. The predicted octanol–water partition coefficient (Wildman–Crippen LogP) is -0.173. The number of benzene rings is 1. The van der Waals surface area contributed by atoms with E-state index >= 15 is 0 Å². The van der Waals surface area contributed by atoms with Gasteiger partial charge in [-0.1, -0.05) is 18.2 Å². The number of nitrogens with one attached hydrogen (secondary N) is 2. The van der Waals surface area contributed by atoms with Crippen LogP contribution >= 0.6 is 0 Å². The predicted molar refractivity (Wildman–Crippen MR) is 106 cm³/mol. The molecule has 14 heteroatoms. The molecule has 0 bridgehead atoms. The standard InChI is InChI=1S/C16H21N7O6S/c1-4-29-12(24)11-8-6-5-7-10(11)9-30(25,26)23-13(17)21-22-14-18-15(27-2)20-16(19-14)28-3/h5-8H,4,9H2,1-3H3,(H3,17,21,23)(H,18,19,20,22). The minimum absolute atomic E-state index is 0.0372. The maximum atomic E-state index is 12.4. The Labute approximate surface area is 172 Å². The zero-order valence-electron chi connectivity index (χ0n) is 16.4. The first-order valence-electron chi connectivity index (χ1n) is 8.47. The van der Waals surface area contributed by atoms with Gasteiger partial charge in [-0.2, -0.15) is 9.97 Å². The summed E-state index contributed by atoms with van der Waals surface area (Å²) in [5.74, 6) is -1.72. The van der Waals surface area contributed by atoms with Gasteiger partial charge in [0.1, 0.15) is 0 Å². The van der Waals surface area contributed by atoms with E-state index in [4.69, 9.17) is 19.9 Å². The van der Waals surface area contributed by atoms with E-state index in [0.717, 1.165) is 0 Å². The van der Waals surface area contributed by atoms with Gasteiger partial charge in [0, 0.05) is 0 Å². The topological polar surface area (TPSA) is 180 Å². The van der Waals surface area contributed by atoms with Crippen LogP contribution in [-0.4, -0.2) is 56.1 Å². The van der Waals surface area contributed by atoms with Crippen molar-refractivity contribution in [2.24, 2.45) is 10.1 Å². The van der Waals surface area contributed by atoms with Crippen molar-refractivity contribution in [2.75, 3.05) is 26.3 Å². The van der Waals surface area contributed by atoms with Crippen LogP contribution < -0.4 is 26.1 Å². The van der Waals surface area contributed by atoms with E-state index in [0.29, 0.717) is 0 Å². The summed E-state index contributed by atoms with van der Waals surface area (Å²) < 4.78 is 43.0. The third-order valence-corrected chi connectivity index (χ3v) is 4.50. The Morgan fingerprint density at radius 1 is 1.13 bits per heavy atom. The van der Waals surface area contributed by atoms with E-state index < -0.39 is 27.7 Å². The first-order valence-corrected chi connectivity index (χ1v) is 10.1. The summed E-state index contributed by atoms with van der Waals surface area (Å²) in [4.78, 5) is 23.6. The van der Waals surface area contributed by atoms with Crippen molar-refractivity contribution in [2.45, 2.75) is 12.7 Å². The van der Waals surface area contributed by atoms with Crippen molar-refractivity contribution in [1.82, 2.24) is 20.4 Å². The second kappa shape index (κ2) is 10.2. The molecule has 0 amide bonds. The molecular weight excluding hydrogens is 418 g/mol. The lowest BCUT2D eigenvalue weighted by molar-refractivity contribution is 0.0525. The summed E-state index contributed by atoms with van der Waals surface area (Å²) >= 11 is 0. The molecule has 13 nitrogen and oxygen atoms in total. The Morgan fingerprint density at radius 3 is 2.37 bits per heavy atom. The second-order valence-corrected chi connectivity index (χ2v) is 7.10. The van der Waals surface area contributed by atoms with Gasteiger partial charge in [0.2, 0.25) is 5.96 Å².